The molecule has 0 bridgehead atoms. The van der Waals surface area contributed by atoms with Gasteiger partial charge in [-0.1, -0.05) is 44.0 Å². The van der Waals surface area contributed by atoms with E-state index >= 15 is 0 Å². The molecule has 0 aliphatic rings. The lowest BCUT2D eigenvalue weighted by Crippen LogP contribution is -2.38. The topological polar surface area (TPSA) is 139 Å². The van der Waals surface area contributed by atoms with Gasteiger partial charge in [-0.05, 0) is 60.5 Å². The summed E-state index contributed by atoms with van der Waals surface area (Å²) >= 11 is 0. The molecule has 1 amide bonds. The van der Waals surface area contributed by atoms with Gasteiger partial charge >= 0.3 is 18.2 Å². The molecule has 0 fully saturated rings. The minimum absolute atomic E-state index is 0.0149. The molecule has 1 aromatic heterocycles. The van der Waals surface area contributed by atoms with Crippen LogP contribution >= 0.6 is 0 Å². The first-order chi connectivity index (χ1) is 22.0. The van der Waals surface area contributed by atoms with Crippen molar-refractivity contribution in [2.45, 2.75) is 112 Å². The fourth-order valence-corrected chi connectivity index (χ4v) is 4.77. The number of esters is 1. The highest BCUT2D eigenvalue weighted by molar-refractivity contribution is 6.12. The van der Waals surface area contributed by atoms with Crippen molar-refractivity contribution in [1.82, 2.24) is 4.90 Å². The lowest BCUT2D eigenvalue weighted by atomic mass is 10.0. The molecule has 1 heterocycles. The number of nitrogens with zero attached hydrogens (tertiary/aromatic N) is 1. The summed E-state index contributed by atoms with van der Waals surface area (Å²) in [5.41, 5.74) is -1.50. The third kappa shape index (κ3) is 11.1. The molecule has 0 spiro atoms. The number of fused-ring (bicyclic) bond motifs is 2. The zero-order valence-electron chi connectivity index (χ0n) is 28.8. The fraction of sp³-hybridized carbons (Fsp3) is 0.528. The molecular weight excluding hydrogens is 606 g/mol. The molecule has 3 aromatic rings. The molecule has 0 N–H and O–H groups in total. The van der Waals surface area contributed by atoms with Crippen LogP contribution in [-0.4, -0.2) is 59.0 Å². The summed E-state index contributed by atoms with van der Waals surface area (Å²) < 4.78 is 28.2. The molecule has 0 atom stereocenters. The van der Waals surface area contributed by atoms with E-state index in [1.807, 2.05) is 0 Å². The highest BCUT2D eigenvalue weighted by Crippen LogP contribution is 2.44. The smallest absolute Gasteiger partial charge is 0.449 e. The Bertz CT molecular complexity index is 1610. The van der Waals surface area contributed by atoms with Crippen molar-refractivity contribution in [2.75, 3.05) is 13.1 Å². The number of hydrogen-bond donors (Lipinski definition) is 0. The van der Waals surface area contributed by atoms with E-state index in [2.05, 4.69) is 6.92 Å². The van der Waals surface area contributed by atoms with Crippen LogP contribution in [0.4, 0.5) is 9.59 Å². The first kappa shape index (κ1) is 37.1. The molecule has 0 unspecified atom stereocenters. The maximum Gasteiger partial charge on any atom is 0.514 e. The van der Waals surface area contributed by atoms with E-state index < -0.39 is 29.4 Å². The Morgan fingerprint density at radius 1 is 0.745 bits per heavy atom. The summed E-state index contributed by atoms with van der Waals surface area (Å²) in [5.74, 6) is -0.755. The van der Waals surface area contributed by atoms with Crippen molar-refractivity contribution in [2.24, 2.45) is 0 Å². The van der Waals surface area contributed by atoms with Gasteiger partial charge in [0, 0.05) is 50.0 Å². The van der Waals surface area contributed by atoms with Gasteiger partial charge in [-0.2, -0.15) is 0 Å². The summed E-state index contributed by atoms with van der Waals surface area (Å²) in [6, 6.07) is 8.26. The molecule has 11 heteroatoms. The van der Waals surface area contributed by atoms with Crippen molar-refractivity contribution < 1.29 is 47.3 Å². The van der Waals surface area contributed by atoms with Gasteiger partial charge in [0.1, 0.15) is 22.7 Å². The van der Waals surface area contributed by atoms with Gasteiger partial charge in [-0.3, -0.25) is 14.4 Å². The average molecular weight is 654 g/mol. The third-order valence-corrected chi connectivity index (χ3v) is 6.92. The number of ketones is 2. The number of hydrogen-bond acceptors (Lipinski definition) is 10. The van der Waals surface area contributed by atoms with Crippen LogP contribution in [0.15, 0.2) is 34.7 Å². The molecule has 47 heavy (non-hydrogen) atoms. The van der Waals surface area contributed by atoms with Gasteiger partial charge in [-0.15, -0.1) is 0 Å². The van der Waals surface area contributed by atoms with E-state index in [1.54, 1.807) is 65.8 Å². The van der Waals surface area contributed by atoms with E-state index in [1.165, 1.54) is 17.9 Å². The number of carbonyl (C=O) groups excluding carboxylic acids is 5. The second-order valence-electron chi connectivity index (χ2n) is 13.5. The van der Waals surface area contributed by atoms with E-state index in [0.29, 0.717) is 17.2 Å². The number of carbonyl (C=O) groups is 5. The van der Waals surface area contributed by atoms with Crippen molar-refractivity contribution >= 4 is 51.5 Å². The number of furan rings is 1. The van der Waals surface area contributed by atoms with Gasteiger partial charge in [0.15, 0.2) is 22.9 Å². The number of unbranched alkanes of at least 4 members (excludes halogenated alkanes) is 2. The lowest BCUT2D eigenvalue weighted by molar-refractivity contribution is -0.134. The molecule has 0 aliphatic carbocycles. The second-order valence-corrected chi connectivity index (χ2v) is 13.5. The Balaban J connectivity index is 1.84. The highest BCUT2D eigenvalue weighted by Gasteiger charge is 2.27. The minimum atomic E-state index is -0.966. The van der Waals surface area contributed by atoms with Crippen LogP contribution in [0.1, 0.15) is 111 Å². The summed E-state index contributed by atoms with van der Waals surface area (Å²) in [4.78, 5) is 65.0. The maximum absolute atomic E-state index is 13.2. The Hall–Kier alpha value is -4.41. The normalized spacial score (nSPS) is 11.7. The van der Waals surface area contributed by atoms with Crippen molar-refractivity contribution in [3.05, 3.63) is 36.1 Å². The Kier molecular flexibility index (Phi) is 12.6. The standard InChI is InChI=1S/C36H47NO10/c1-9-10-11-15-24(39)19-21-37(33(41)46-35(3,4)5)20-14-18-29(40)44-30-25-16-12-13-17-26(25)31(45-34(42)47-36(6,7)8)32-27(30)22-28(43-32)23(2)38/h12-13,16-17,22H,9-11,14-15,18-21H2,1-8H3. The van der Waals surface area contributed by atoms with E-state index in [4.69, 9.17) is 23.4 Å². The number of benzene rings is 2. The zero-order valence-corrected chi connectivity index (χ0v) is 28.8. The Labute approximate surface area is 275 Å². The number of Topliss-reactive ketones (excluding diaryl/α,β-unsaturated/α-hetero) is 2. The van der Waals surface area contributed by atoms with E-state index in [-0.39, 0.29) is 72.1 Å². The summed E-state index contributed by atoms with van der Waals surface area (Å²) in [6.07, 6.45) is 2.12. The van der Waals surface area contributed by atoms with E-state index in [0.717, 1.165) is 19.3 Å². The van der Waals surface area contributed by atoms with Gasteiger partial charge in [0.2, 0.25) is 0 Å². The van der Waals surface area contributed by atoms with Crippen LogP contribution in [-0.2, 0) is 19.1 Å². The SMILES string of the molecule is CCCCCC(=O)CCN(CCCC(=O)Oc1c2ccccc2c(OC(=O)OC(C)(C)C)c2oc(C(C)=O)cc12)C(=O)OC(C)(C)C. The van der Waals surface area contributed by atoms with Gasteiger partial charge < -0.3 is 28.3 Å². The number of ether oxygens (including phenoxy) is 4. The zero-order chi connectivity index (χ0) is 34.9. The minimum Gasteiger partial charge on any atom is -0.449 e. The van der Waals surface area contributed by atoms with Gasteiger partial charge in [0.05, 0.1) is 5.39 Å². The Morgan fingerprint density at radius 2 is 1.38 bits per heavy atom. The Morgan fingerprint density at radius 3 is 1.98 bits per heavy atom. The van der Waals surface area contributed by atoms with E-state index in [9.17, 15) is 24.0 Å². The molecule has 0 saturated heterocycles. The number of rotatable bonds is 14. The van der Waals surface area contributed by atoms with Crippen LogP contribution in [0.3, 0.4) is 0 Å². The molecule has 2 aromatic carbocycles. The van der Waals surface area contributed by atoms with Gasteiger partial charge in [0.25, 0.3) is 0 Å². The van der Waals surface area contributed by atoms with Crippen LogP contribution in [0.5, 0.6) is 11.5 Å². The van der Waals surface area contributed by atoms with Crippen molar-refractivity contribution in [1.29, 1.82) is 0 Å². The molecular formula is C36H47NO10. The molecule has 11 nitrogen and oxygen atoms in total. The average Bonchev–Trinajstić information content (AvgIpc) is 3.41. The lowest BCUT2D eigenvalue weighted by Gasteiger charge is -2.27. The molecule has 256 valence electrons. The predicted molar refractivity (Wildman–Crippen MR) is 177 cm³/mol. The second kappa shape index (κ2) is 15.9. The molecule has 3 rings (SSSR count). The quantitative estimate of drug-likeness (QED) is 0.0546. The molecule has 0 saturated carbocycles. The first-order valence-electron chi connectivity index (χ1n) is 16.1. The summed E-state index contributed by atoms with van der Waals surface area (Å²) in [6.45, 7) is 14.1. The van der Waals surface area contributed by atoms with Crippen LogP contribution in [0.25, 0.3) is 21.7 Å². The summed E-state index contributed by atoms with van der Waals surface area (Å²) in [5, 5.41) is 1.11. The monoisotopic (exact) mass is 653 g/mol. The maximum atomic E-state index is 13.2. The van der Waals surface area contributed by atoms with Crippen LogP contribution < -0.4 is 9.47 Å². The van der Waals surface area contributed by atoms with Crippen LogP contribution in [0, 0.1) is 0 Å². The van der Waals surface area contributed by atoms with Gasteiger partial charge in [-0.25, -0.2) is 9.59 Å². The number of amides is 1. The van der Waals surface area contributed by atoms with Crippen molar-refractivity contribution in [3.63, 3.8) is 0 Å². The highest BCUT2D eigenvalue weighted by atomic mass is 16.7. The largest absolute Gasteiger partial charge is 0.514 e. The molecule has 0 aliphatic heterocycles. The fourth-order valence-electron chi connectivity index (χ4n) is 4.77. The predicted octanol–water partition coefficient (Wildman–Crippen LogP) is 8.56. The first-order valence-corrected chi connectivity index (χ1v) is 16.1. The molecule has 0 radical (unpaired) electrons. The third-order valence-electron chi connectivity index (χ3n) is 6.92. The van der Waals surface area contributed by atoms with Crippen LogP contribution in [0.2, 0.25) is 0 Å². The summed E-state index contributed by atoms with van der Waals surface area (Å²) in [7, 11) is 0. The van der Waals surface area contributed by atoms with Crippen molar-refractivity contribution in [3.8, 4) is 11.5 Å².